The quantitative estimate of drug-likeness (QED) is 0.456. The average Bonchev–Trinajstić information content (AvgIpc) is 3.30. The lowest BCUT2D eigenvalue weighted by atomic mass is 10.1. The summed E-state index contributed by atoms with van der Waals surface area (Å²) in [6.45, 7) is 0. The van der Waals surface area contributed by atoms with Crippen LogP contribution in [0.3, 0.4) is 0 Å². The van der Waals surface area contributed by atoms with Gasteiger partial charge in [0, 0.05) is 17.4 Å². The second kappa shape index (κ2) is 9.26. The van der Waals surface area contributed by atoms with Crippen molar-refractivity contribution in [1.29, 1.82) is 0 Å². The third-order valence-electron chi connectivity index (χ3n) is 4.99. The highest BCUT2D eigenvalue weighted by Crippen LogP contribution is 2.34. The molecule has 7 nitrogen and oxygen atoms in total. The summed E-state index contributed by atoms with van der Waals surface area (Å²) in [5, 5.41) is 7.50. The molecule has 0 unspecified atom stereocenters. The van der Waals surface area contributed by atoms with Gasteiger partial charge in [-0.25, -0.2) is 4.68 Å². The molecule has 32 heavy (non-hydrogen) atoms. The number of benzene rings is 3. The van der Waals surface area contributed by atoms with E-state index in [1.165, 1.54) is 0 Å². The Balaban J connectivity index is 1.76. The van der Waals surface area contributed by atoms with Crippen molar-refractivity contribution >= 4 is 11.6 Å². The maximum Gasteiger partial charge on any atom is 0.276 e. The molecule has 1 aromatic heterocycles. The van der Waals surface area contributed by atoms with Crippen LogP contribution in [-0.4, -0.2) is 37.0 Å². The number of methoxy groups -OCH3 is 3. The van der Waals surface area contributed by atoms with E-state index < -0.39 is 0 Å². The maximum atomic E-state index is 13.2. The van der Waals surface area contributed by atoms with E-state index in [9.17, 15) is 4.79 Å². The summed E-state index contributed by atoms with van der Waals surface area (Å²) in [6.07, 6.45) is 1.83. The highest BCUT2D eigenvalue weighted by molar-refractivity contribution is 6.07. The summed E-state index contributed by atoms with van der Waals surface area (Å²) in [4.78, 5) is 13.2. The Labute approximate surface area is 186 Å². The summed E-state index contributed by atoms with van der Waals surface area (Å²) in [5.41, 5.74) is 3.23. The smallest absolute Gasteiger partial charge is 0.276 e. The van der Waals surface area contributed by atoms with Crippen molar-refractivity contribution in [3.8, 4) is 34.1 Å². The molecule has 1 heterocycles. The van der Waals surface area contributed by atoms with Gasteiger partial charge in [-0.2, -0.15) is 5.10 Å². The molecule has 0 atom stereocenters. The molecule has 162 valence electrons. The Hall–Kier alpha value is -4.26. The minimum atomic E-state index is -0.324. The number of amides is 1. The van der Waals surface area contributed by atoms with Gasteiger partial charge in [-0.05, 0) is 54.1 Å². The lowest BCUT2D eigenvalue weighted by Gasteiger charge is -2.10. The molecule has 3 aromatic carbocycles. The van der Waals surface area contributed by atoms with Crippen molar-refractivity contribution < 1.29 is 19.0 Å². The molecule has 0 radical (unpaired) electrons. The van der Waals surface area contributed by atoms with Crippen molar-refractivity contribution in [1.82, 2.24) is 9.78 Å². The Bertz CT molecular complexity index is 1220. The van der Waals surface area contributed by atoms with Crippen LogP contribution in [0.25, 0.3) is 16.8 Å². The molecule has 4 rings (SSSR count). The Kier molecular flexibility index (Phi) is 6.07. The van der Waals surface area contributed by atoms with Crippen molar-refractivity contribution in [3.05, 3.63) is 84.7 Å². The first kappa shape index (κ1) is 21.0. The van der Waals surface area contributed by atoms with E-state index in [1.807, 2.05) is 48.7 Å². The summed E-state index contributed by atoms with van der Waals surface area (Å²) >= 11 is 0. The van der Waals surface area contributed by atoms with Gasteiger partial charge in [-0.15, -0.1) is 0 Å². The van der Waals surface area contributed by atoms with Crippen LogP contribution in [0.4, 0.5) is 5.69 Å². The Morgan fingerprint density at radius 2 is 1.56 bits per heavy atom. The van der Waals surface area contributed by atoms with Gasteiger partial charge < -0.3 is 19.5 Å². The van der Waals surface area contributed by atoms with Gasteiger partial charge in [0.05, 0.1) is 27.0 Å². The highest BCUT2D eigenvalue weighted by Gasteiger charge is 2.20. The molecule has 0 saturated carbocycles. The third kappa shape index (κ3) is 4.27. The zero-order chi connectivity index (χ0) is 22.5. The second-order valence-electron chi connectivity index (χ2n) is 6.92. The zero-order valence-corrected chi connectivity index (χ0v) is 18.0. The molecule has 0 fully saturated rings. The van der Waals surface area contributed by atoms with Gasteiger partial charge >= 0.3 is 0 Å². The largest absolute Gasteiger partial charge is 0.497 e. The van der Waals surface area contributed by atoms with Crippen molar-refractivity contribution in [2.75, 3.05) is 26.6 Å². The lowest BCUT2D eigenvalue weighted by Crippen LogP contribution is -2.14. The standard InChI is InChI=1S/C25H23N3O4/c1-30-20-12-10-18(11-13-20)26-25(29)24-21(16-28(27-24)19-7-5-4-6-8-19)17-9-14-22(31-2)23(15-17)32-3/h4-16H,1-3H3,(H,26,29). The van der Waals surface area contributed by atoms with Crippen LogP contribution < -0.4 is 19.5 Å². The first-order chi connectivity index (χ1) is 15.6. The fourth-order valence-electron chi connectivity index (χ4n) is 3.33. The number of para-hydroxylation sites is 1. The number of nitrogens with zero attached hydrogens (tertiary/aromatic N) is 2. The van der Waals surface area contributed by atoms with Gasteiger partial charge in [0.15, 0.2) is 17.2 Å². The van der Waals surface area contributed by atoms with Gasteiger partial charge in [-0.1, -0.05) is 24.3 Å². The second-order valence-corrected chi connectivity index (χ2v) is 6.92. The molecule has 7 heteroatoms. The Morgan fingerprint density at radius 3 is 2.22 bits per heavy atom. The van der Waals surface area contributed by atoms with E-state index in [2.05, 4.69) is 10.4 Å². The highest BCUT2D eigenvalue weighted by atomic mass is 16.5. The van der Waals surface area contributed by atoms with Crippen LogP contribution in [0.15, 0.2) is 79.0 Å². The van der Waals surface area contributed by atoms with E-state index in [-0.39, 0.29) is 11.6 Å². The molecule has 0 aliphatic heterocycles. The number of carbonyl (C=O) groups is 1. The number of anilines is 1. The number of rotatable bonds is 7. The zero-order valence-electron chi connectivity index (χ0n) is 18.0. The van der Waals surface area contributed by atoms with Gasteiger partial charge in [-0.3, -0.25) is 4.79 Å². The molecule has 0 aliphatic rings. The van der Waals surface area contributed by atoms with E-state index in [0.717, 1.165) is 11.3 Å². The molecule has 0 spiro atoms. The van der Waals surface area contributed by atoms with Crippen molar-refractivity contribution in [2.45, 2.75) is 0 Å². The number of carbonyl (C=O) groups excluding carboxylic acids is 1. The van der Waals surface area contributed by atoms with E-state index >= 15 is 0 Å². The monoisotopic (exact) mass is 429 g/mol. The molecule has 0 bridgehead atoms. The van der Waals surface area contributed by atoms with Crippen LogP contribution in [0.1, 0.15) is 10.5 Å². The molecule has 1 amide bonds. The van der Waals surface area contributed by atoms with Crippen LogP contribution in [0.2, 0.25) is 0 Å². The van der Waals surface area contributed by atoms with E-state index in [0.29, 0.717) is 28.5 Å². The molecule has 1 N–H and O–H groups in total. The lowest BCUT2D eigenvalue weighted by molar-refractivity contribution is 0.102. The van der Waals surface area contributed by atoms with Crippen LogP contribution >= 0.6 is 0 Å². The predicted octanol–water partition coefficient (Wildman–Crippen LogP) is 4.82. The molecule has 4 aromatic rings. The topological polar surface area (TPSA) is 74.6 Å². The van der Waals surface area contributed by atoms with Gasteiger partial charge in [0.25, 0.3) is 5.91 Å². The molecule has 0 saturated heterocycles. The first-order valence-electron chi connectivity index (χ1n) is 9.96. The predicted molar refractivity (Wildman–Crippen MR) is 123 cm³/mol. The van der Waals surface area contributed by atoms with E-state index in [1.54, 1.807) is 56.3 Å². The number of aromatic nitrogens is 2. The summed E-state index contributed by atoms with van der Waals surface area (Å²) in [6, 6.07) is 22.3. The fraction of sp³-hybridized carbons (Fsp3) is 0.120. The van der Waals surface area contributed by atoms with Gasteiger partial charge in [0.2, 0.25) is 0 Å². The molecular formula is C25H23N3O4. The van der Waals surface area contributed by atoms with E-state index in [4.69, 9.17) is 14.2 Å². The molecule has 0 aliphatic carbocycles. The molecular weight excluding hydrogens is 406 g/mol. The SMILES string of the molecule is COc1ccc(NC(=O)c2nn(-c3ccccc3)cc2-c2ccc(OC)c(OC)c2)cc1. The van der Waals surface area contributed by atoms with Crippen LogP contribution in [-0.2, 0) is 0 Å². The summed E-state index contributed by atoms with van der Waals surface area (Å²) in [7, 11) is 4.75. The number of hydrogen-bond acceptors (Lipinski definition) is 5. The van der Waals surface area contributed by atoms with Crippen molar-refractivity contribution in [2.24, 2.45) is 0 Å². The van der Waals surface area contributed by atoms with Crippen LogP contribution in [0, 0.1) is 0 Å². The number of ether oxygens (including phenoxy) is 3. The minimum absolute atomic E-state index is 0.289. The number of hydrogen-bond donors (Lipinski definition) is 1. The summed E-state index contributed by atoms with van der Waals surface area (Å²) in [5.74, 6) is 1.56. The Morgan fingerprint density at radius 1 is 0.844 bits per heavy atom. The van der Waals surface area contributed by atoms with Crippen molar-refractivity contribution in [3.63, 3.8) is 0 Å². The number of nitrogens with one attached hydrogen (secondary N) is 1. The minimum Gasteiger partial charge on any atom is -0.497 e. The van der Waals surface area contributed by atoms with Gasteiger partial charge in [0.1, 0.15) is 5.75 Å². The fourth-order valence-corrected chi connectivity index (χ4v) is 3.33. The first-order valence-corrected chi connectivity index (χ1v) is 9.96. The summed E-state index contributed by atoms with van der Waals surface area (Å²) < 4.78 is 17.7. The third-order valence-corrected chi connectivity index (χ3v) is 4.99. The maximum absolute atomic E-state index is 13.2. The van der Waals surface area contributed by atoms with Crippen LogP contribution in [0.5, 0.6) is 17.2 Å². The average molecular weight is 429 g/mol. The normalized spacial score (nSPS) is 10.5.